The van der Waals surface area contributed by atoms with E-state index in [1.54, 1.807) is 14.0 Å². The third kappa shape index (κ3) is 3.11. The minimum absolute atomic E-state index is 0.0873. The second kappa shape index (κ2) is 5.22. The molecule has 0 bridgehead atoms. The van der Waals surface area contributed by atoms with E-state index in [2.05, 4.69) is 5.10 Å². The van der Waals surface area contributed by atoms with Crippen LogP contribution in [0.15, 0.2) is 0 Å². The molecule has 3 nitrogen and oxygen atoms in total. The predicted octanol–water partition coefficient (Wildman–Crippen LogP) is 3.41. The van der Waals surface area contributed by atoms with Gasteiger partial charge >= 0.3 is 6.18 Å². The van der Waals surface area contributed by atoms with Gasteiger partial charge in [0.1, 0.15) is 0 Å². The van der Waals surface area contributed by atoms with E-state index < -0.39 is 17.7 Å². The summed E-state index contributed by atoms with van der Waals surface area (Å²) in [5.74, 6) is -1.44. The van der Waals surface area contributed by atoms with E-state index in [-0.39, 0.29) is 19.3 Å². The molecule has 0 aliphatic heterocycles. The monoisotopic (exact) mass is 310 g/mol. The highest BCUT2D eigenvalue weighted by atomic mass is 35.5. The summed E-state index contributed by atoms with van der Waals surface area (Å²) < 4.78 is 40.0. The first-order chi connectivity index (χ1) is 9.12. The molecule has 1 saturated carbocycles. The summed E-state index contributed by atoms with van der Waals surface area (Å²) in [7, 11) is 1.68. The normalized spacial score (nSPS) is 27.9. The molecule has 1 aliphatic rings. The number of alkyl halides is 3. The Morgan fingerprint density at radius 3 is 2.65 bits per heavy atom. The Morgan fingerprint density at radius 1 is 1.50 bits per heavy atom. The minimum Gasteiger partial charge on any atom is -0.389 e. The summed E-state index contributed by atoms with van der Waals surface area (Å²) in [6, 6.07) is 0. The third-order valence-electron chi connectivity index (χ3n) is 4.04. The fraction of sp³-hybridized carbons (Fsp3) is 0.769. The molecule has 2 rings (SSSR count). The van der Waals surface area contributed by atoms with Crippen LogP contribution in [0.5, 0.6) is 0 Å². The summed E-state index contributed by atoms with van der Waals surface area (Å²) >= 11 is 6.10. The Morgan fingerprint density at radius 2 is 2.15 bits per heavy atom. The van der Waals surface area contributed by atoms with Crippen molar-refractivity contribution in [1.82, 2.24) is 9.78 Å². The fourth-order valence-electron chi connectivity index (χ4n) is 2.96. The van der Waals surface area contributed by atoms with Crippen LogP contribution in [-0.4, -0.2) is 26.7 Å². The maximum atomic E-state index is 12.8. The Hall–Kier alpha value is -0.750. The van der Waals surface area contributed by atoms with Crippen LogP contribution in [0.25, 0.3) is 0 Å². The quantitative estimate of drug-likeness (QED) is 0.909. The van der Waals surface area contributed by atoms with Gasteiger partial charge in [-0.15, -0.1) is 0 Å². The summed E-state index contributed by atoms with van der Waals surface area (Å²) in [5.41, 5.74) is -0.145. The van der Waals surface area contributed by atoms with Crippen LogP contribution in [0.1, 0.15) is 37.1 Å². The molecule has 7 heteroatoms. The number of nitrogens with zero attached hydrogens (tertiary/aromatic N) is 2. The maximum Gasteiger partial charge on any atom is 0.391 e. The Kier molecular flexibility index (Phi) is 4.08. The highest BCUT2D eigenvalue weighted by Crippen LogP contribution is 2.43. The van der Waals surface area contributed by atoms with Crippen molar-refractivity contribution in [2.75, 3.05) is 0 Å². The van der Waals surface area contributed by atoms with Gasteiger partial charge in [-0.2, -0.15) is 18.3 Å². The molecule has 0 aromatic carbocycles. The van der Waals surface area contributed by atoms with Gasteiger partial charge in [-0.05, 0) is 32.6 Å². The van der Waals surface area contributed by atoms with Gasteiger partial charge in [0.05, 0.1) is 27.9 Å². The average molecular weight is 311 g/mol. The molecule has 1 heterocycles. The molecule has 114 valence electrons. The first-order valence-electron chi connectivity index (χ1n) is 6.59. The molecule has 0 amide bonds. The second-order valence-electron chi connectivity index (χ2n) is 5.71. The summed E-state index contributed by atoms with van der Waals surface area (Å²) in [6.45, 7) is 1.73. The number of aromatic nitrogens is 2. The number of hydrogen-bond donors (Lipinski definition) is 1. The van der Waals surface area contributed by atoms with Gasteiger partial charge < -0.3 is 5.11 Å². The van der Waals surface area contributed by atoms with Gasteiger partial charge in [-0.1, -0.05) is 11.6 Å². The van der Waals surface area contributed by atoms with E-state index in [1.807, 2.05) is 0 Å². The van der Waals surface area contributed by atoms with Crippen LogP contribution in [0.2, 0.25) is 5.02 Å². The van der Waals surface area contributed by atoms with Gasteiger partial charge in [0.25, 0.3) is 0 Å². The molecular weight excluding hydrogens is 293 g/mol. The van der Waals surface area contributed by atoms with Gasteiger partial charge in [0.2, 0.25) is 0 Å². The zero-order chi connectivity index (χ0) is 15.1. The van der Waals surface area contributed by atoms with E-state index in [9.17, 15) is 18.3 Å². The van der Waals surface area contributed by atoms with Gasteiger partial charge in [-0.3, -0.25) is 4.68 Å². The van der Waals surface area contributed by atoms with E-state index >= 15 is 0 Å². The molecule has 0 saturated heterocycles. The fourth-order valence-corrected chi connectivity index (χ4v) is 3.19. The average Bonchev–Trinajstić information content (AvgIpc) is 2.55. The van der Waals surface area contributed by atoms with Crippen LogP contribution in [-0.2, 0) is 13.5 Å². The first-order valence-corrected chi connectivity index (χ1v) is 6.97. The molecule has 1 aliphatic carbocycles. The lowest BCUT2D eigenvalue weighted by Gasteiger charge is -2.37. The van der Waals surface area contributed by atoms with E-state index in [0.717, 1.165) is 0 Å². The van der Waals surface area contributed by atoms with E-state index in [0.29, 0.717) is 29.3 Å². The molecule has 0 spiro atoms. The molecule has 1 fully saturated rings. The second-order valence-corrected chi connectivity index (χ2v) is 6.08. The zero-order valence-corrected chi connectivity index (χ0v) is 12.2. The number of aryl methyl sites for hydroxylation is 2. The Bertz CT molecular complexity index is 501. The summed E-state index contributed by atoms with van der Waals surface area (Å²) in [5, 5.41) is 15.1. The third-order valence-corrected chi connectivity index (χ3v) is 4.53. The van der Waals surface area contributed by atoms with Crippen molar-refractivity contribution in [3.05, 3.63) is 16.4 Å². The summed E-state index contributed by atoms with van der Waals surface area (Å²) in [4.78, 5) is 0. The van der Waals surface area contributed by atoms with Crippen molar-refractivity contribution in [2.24, 2.45) is 13.0 Å². The first kappa shape index (κ1) is 15.6. The number of hydrogen-bond acceptors (Lipinski definition) is 2. The number of halogens is 4. The molecule has 1 N–H and O–H groups in total. The van der Waals surface area contributed by atoms with Gasteiger partial charge in [0.15, 0.2) is 0 Å². The molecule has 1 aromatic rings. The van der Waals surface area contributed by atoms with Crippen LogP contribution in [0.4, 0.5) is 13.2 Å². The van der Waals surface area contributed by atoms with E-state index in [4.69, 9.17) is 11.6 Å². The van der Waals surface area contributed by atoms with Crippen molar-refractivity contribution in [2.45, 2.75) is 50.8 Å². The molecule has 1 aromatic heterocycles. The lowest BCUT2D eigenvalue weighted by molar-refractivity contribution is -0.200. The predicted molar refractivity (Wildman–Crippen MR) is 69.6 cm³/mol. The smallest absolute Gasteiger partial charge is 0.389 e. The van der Waals surface area contributed by atoms with Gasteiger partial charge in [0, 0.05) is 13.5 Å². The van der Waals surface area contributed by atoms with Crippen LogP contribution < -0.4 is 0 Å². The molecule has 20 heavy (non-hydrogen) atoms. The highest BCUT2D eigenvalue weighted by Gasteiger charge is 2.47. The number of rotatable bonds is 2. The highest BCUT2D eigenvalue weighted by molar-refractivity contribution is 6.31. The topological polar surface area (TPSA) is 38.0 Å². The van der Waals surface area contributed by atoms with Gasteiger partial charge in [-0.25, -0.2) is 0 Å². The lowest BCUT2D eigenvalue weighted by atomic mass is 9.75. The Balaban J connectivity index is 2.19. The maximum absolute atomic E-state index is 12.8. The minimum atomic E-state index is -4.25. The standard InChI is InChI=1S/C13H18ClF3N2O/c1-8-11(14)10(19(2)18-8)7-12(20)5-3-4-9(6-12)13(15,16)17/h9,20H,3-7H2,1-2H3. The van der Waals surface area contributed by atoms with Crippen LogP contribution in [0.3, 0.4) is 0 Å². The molecule has 0 radical (unpaired) electrons. The zero-order valence-electron chi connectivity index (χ0n) is 11.5. The molecule has 2 atom stereocenters. The van der Waals surface area contributed by atoms with Crippen molar-refractivity contribution < 1.29 is 18.3 Å². The summed E-state index contributed by atoms with van der Waals surface area (Å²) in [6.07, 6.45) is -3.59. The van der Waals surface area contributed by atoms with Crippen molar-refractivity contribution in [1.29, 1.82) is 0 Å². The molecule has 2 unspecified atom stereocenters. The largest absolute Gasteiger partial charge is 0.391 e. The van der Waals surface area contributed by atoms with Crippen molar-refractivity contribution in [3.63, 3.8) is 0 Å². The lowest BCUT2D eigenvalue weighted by Crippen LogP contribution is -2.42. The van der Waals surface area contributed by atoms with Crippen LogP contribution in [0, 0.1) is 12.8 Å². The molecular formula is C13H18ClF3N2O. The number of aliphatic hydroxyl groups is 1. The Labute approximate surface area is 120 Å². The van der Waals surface area contributed by atoms with Crippen molar-refractivity contribution in [3.8, 4) is 0 Å². The van der Waals surface area contributed by atoms with Crippen molar-refractivity contribution >= 4 is 11.6 Å². The van der Waals surface area contributed by atoms with Crippen LogP contribution >= 0.6 is 11.6 Å². The SMILES string of the molecule is Cc1nn(C)c(CC2(O)CCCC(C(F)(F)F)C2)c1Cl. The van der Waals surface area contributed by atoms with E-state index in [1.165, 1.54) is 4.68 Å².